The van der Waals surface area contributed by atoms with Crippen LogP contribution >= 0.6 is 45.9 Å². The Labute approximate surface area is 124 Å². The molecular formula is C13H12Cl2OS2. The van der Waals surface area contributed by atoms with E-state index < -0.39 is 6.10 Å². The molecule has 0 saturated carbocycles. The highest BCUT2D eigenvalue weighted by Crippen LogP contribution is 2.41. The Kier molecular flexibility index (Phi) is 3.70. The van der Waals surface area contributed by atoms with Gasteiger partial charge in [0.1, 0.15) is 10.4 Å². The fourth-order valence-electron chi connectivity index (χ4n) is 2.34. The molecule has 3 rings (SSSR count). The number of thiophene rings is 2. The minimum Gasteiger partial charge on any atom is -0.383 e. The van der Waals surface area contributed by atoms with E-state index >= 15 is 0 Å². The molecular weight excluding hydrogens is 307 g/mol. The molecule has 1 atom stereocenters. The maximum absolute atomic E-state index is 10.4. The van der Waals surface area contributed by atoms with Crippen molar-refractivity contribution in [1.82, 2.24) is 0 Å². The summed E-state index contributed by atoms with van der Waals surface area (Å²) >= 11 is 15.0. The van der Waals surface area contributed by atoms with Crippen LogP contribution in [0.1, 0.15) is 39.8 Å². The van der Waals surface area contributed by atoms with Crippen LogP contribution in [0.4, 0.5) is 0 Å². The lowest BCUT2D eigenvalue weighted by atomic mass is 9.98. The molecule has 96 valence electrons. The van der Waals surface area contributed by atoms with Crippen LogP contribution in [0.25, 0.3) is 0 Å². The zero-order valence-electron chi connectivity index (χ0n) is 9.58. The van der Waals surface area contributed by atoms with Crippen molar-refractivity contribution in [2.24, 2.45) is 0 Å². The number of hydrogen-bond acceptors (Lipinski definition) is 3. The Hall–Kier alpha value is -0.0600. The molecule has 1 nitrogen and oxygen atoms in total. The Balaban J connectivity index is 1.94. The molecule has 0 spiro atoms. The first kappa shape index (κ1) is 12.9. The topological polar surface area (TPSA) is 20.2 Å². The van der Waals surface area contributed by atoms with Crippen LogP contribution in [0.2, 0.25) is 8.67 Å². The average Bonchev–Trinajstić information content (AvgIpc) is 2.91. The SMILES string of the molecule is OC(c1cc2c(s1)CCCC2)c1cc(Cl)sc1Cl. The first-order valence-electron chi connectivity index (χ1n) is 5.89. The lowest BCUT2D eigenvalue weighted by Crippen LogP contribution is -1.97. The maximum atomic E-state index is 10.4. The Morgan fingerprint density at radius 1 is 1.11 bits per heavy atom. The van der Waals surface area contributed by atoms with Crippen LogP contribution in [-0.4, -0.2) is 5.11 Å². The second-order valence-electron chi connectivity index (χ2n) is 4.49. The van der Waals surface area contributed by atoms with Crippen LogP contribution in [0.5, 0.6) is 0 Å². The van der Waals surface area contributed by atoms with Gasteiger partial charge in [0.05, 0.1) is 4.34 Å². The highest BCUT2D eigenvalue weighted by molar-refractivity contribution is 7.20. The predicted octanol–water partition coefficient (Wildman–Crippen LogP) is 5.08. The Morgan fingerprint density at radius 2 is 1.89 bits per heavy atom. The quantitative estimate of drug-likeness (QED) is 0.818. The molecule has 2 aromatic rings. The smallest absolute Gasteiger partial charge is 0.116 e. The molecule has 0 aromatic carbocycles. The summed E-state index contributed by atoms with van der Waals surface area (Å²) in [6.07, 6.45) is 4.15. The van der Waals surface area contributed by atoms with Gasteiger partial charge in [-0.05, 0) is 43.4 Å². The summed E-state index contributed by atoms with van der Waals surface area (Å²) in [4.78, 5) is 2.41. The molecule has 0 fully saturated rings. The van der Waals surface area contributed by atoms with Gasteiger partial charge in [-0.25, -0.2) is 0 Å². The number of hydrogen-bond donors (Lipinski definition) is 1. The maximum Gasteiger partial charge on any atom is 0.116 e. The Morgan fingerprint density at radius 3 is 2.56 bits per heavy atom. The molecule has 1 aliphatic carbocycles. The third-order valence-corrected chi connectivity index (χ3v) is 6.07. The number of aryl methyl sites for hydroxylation is 2. The molecule has 5 heteroatoms. The fourth-order valence-corrected chi connectivity index (χ4v) is 5.12. The highest BCUT2D eigenvalue weighted by atomic mass is 35.5. The van der Waals surface area contributed by atoms with E-state index in [0.29, 0.717) is 8.67 Å². The van der Waals surface area contributed by atoms with Crippen LogP contribution < -0.4 is 0 Å². The summed E-state index contributed by atoms with van der Waals surface area (Å²) in [5.74, 6) is 0. The normalized spacial score (nSPS) is 16.6. The van der Waals surface area contributed by atoms with Crippen LogP contribution in [-0.2, 0) is 12.8 Å². The van der Waals surface area contributed by atoms with Crippen molar-refractivity contribution in [1.29, 1.82) is 0 Å². The number of fused-ring (bicyclic) bond motifs is 1. The van der Waals surface area contributed by atoms with Gasteiger partial charge >= 0.3 is 0 Å². The Bertz CT molecular complexity index is 550. The van der Waals surface area contributed by atoms with Gasteiger partial charge in [0.25, 0.3) is 0 Å². The third kappa shape index (κ3) is 2.35. The molecule has 0 amide bonds. The first-order chi connectivity index (χ1) is 8.65. The van der Waals surface area contributed by atoms with Gasteiger partial charge in [-0.2, -0.15) is 0 Å². The van der Waals surface area contributed by atoms with Gasteiger partial charge in [0.15, 0.2) is 0 Å². The van der Waals surface area contributed by atoms with Gasteiger partial charge in [0.2, 0.25) is 0 Å². The van der Waals surface area contributed by atoms with Crippen molar-refractivity contribution in [2.75, 3.05) is 0 Å². The average molecular weight is 319 g/mol. The standard InChI is InChI=1S/C13H12Cl2OS2/c14-11-6-8(13(15)18-11)12(16)10-5-7-3-1-2-4-9(7)17-10/h5-6,12,16H,1-4H2. The lowest BCUT2D eigenvalue weighted by Gasteiger charge is -2.08. The van der Waals surface area contributed by atoms with Crippen LogP contribution in [0.3, 0.4) is 0 Å². The van der Waals surface area contributed by atoms with E-state index in [4.69, 9.17) is 23.2 Å². The zero-order valence-corrected chi connectivity index (χ0v) is 12.7. The van der Waals surface area contributed by atoms with E-state index in [1.165, 1.54) is 34.6 Å². The van der Waals surface area contributed by atoms with Crippen molar-refractivity contribution in [3.8, 4) is 0 Å². The van der Waals surface area contributed by atoms with Crippen molar-refractivity contribution in [3.63, 3.8) is 0 Å². The molecule has 0 saturated heterocycles. The molecule has 1 N–H and O–H groups in total. The molecule has 18 heavy (non-hydrogen) atoms. The van der Waals surface area contributed by atoms with Gasteiger partial charge < -0.3 is 5.11 Å². The highest BCUT2D eigenvalue weighted by Gasteiger charge is 2.21. The van der Waals surface area contributed by atoms with E-state index in [0.717, 1.165) is 23.3 Å². The molecule has 0 radical (unpaired) electrons. The van der Waals surface area contributed by atoms with E-state index in [-0.39, 0.29) is 0 Å². The number of aliphatic hydroxyl groups is 1. The fraction of sp³-hybridized carbons (Fsp3) is 0.385. The number of halogens is 2. The summed E-state index contributed by atoms with van der Waals surface area (Å²) in [6.45, 7) is 0. The minimum absolute atomic E-state index is 0.582. The summed E-state index contributed by atoms with van der Waals surface area (Å²) < 4.78 is 1.20. The molecule has 1 unspecified atom stereocenters. The first-order valence-corrected chi connectivity index (χ1v) is 8.28. The molecule has 1 aliphatic rings. The van der Waals surface area contributed by atoms with Crippen LogP contribution in [0, 0.1) is 0 Å². The molecule has 2 heterocycles. The second-order valence-corrected chi connectivity index (χ2v) is 7.94. The number of rotatable bonds is 2. The summed E-state index contributed by atoms with van der Waals surface area (Å²) in [7, 11) is 0. The summed E-state index contributed by atoms with van der Waals surface area (Å²) in [6, 6.07) is 3.89. The van der Waals surface area contributed by atoms with Crippen LogP contribution in [0.15, 0.2) is 12.1 Å². The number of aliphatic hydroxyl groups excluding tert-OH is 1. The van der Waals surface area contributed by atoms with Gasteiger partial charge in [0, 0.05) is 15.3 Å². The lowest BCUT2D eigenvalue weighted by molar-refractivity contribution is 0.224. The third-order valence-electron chi connectivity index (χ3n) is 3.26. The summed E-state index contributed by atoms with van der Waals surface area (Å²) in [5.41, 5.74) is 2.13. The predicted molar refractivity (Wildman–Crippen MR) is 79.4 cm³/mol. The zero-order chi connectivity index (χ0) is 12.7. The van der Waals surface area contributed by atoms with Gasteiger partial charge in [-0.1, -0.05) is 23.2 Å². The minimum atomic E-state index is -0.642. The molecule has 0 aliphatic heterocycles. The van der Waals surface area contributed by atoms with E-state index in [1.807, 2.05) is 0 Å². The van der Waals surface area contributed by atoms with Crippen molar-refractivity contribution in [2.45, 2.75) is 31.8 Å². The molecule has 0 bridgehead atoms. The van der Waals surface area contributed by atoms with Crippen molar-refractivity contribution in [3.05, 3.63) is 41.7 Å². The van der Waals surface area contributed by atoms with Crippen molar-refractivity contribution >= 4 is 45.9 Å². The summed E-state index contributed by atoms with van der Waals surface area (Å²) in [5, 5.41) is 10.4. The second kappa shape index (κ2) is 5.14. The molecule has 2 aromatic heterocycles. The van der Waals surface area contributed by atoms with Gasteiger partial charge in [-0.3, -0.25) is 0 Å². The monoisotopic (exact) mass is 318 g/mol. The van der Waals surface area contributed by atoms with Crippen molar-refractivity contribution < 1.29 is 5.11 Å². The van der Waals surface area contributed by atoms with Gasteiger partial charge in [-0.15, -0.1) is 22.7 Å². The van der Waals surface area contributed by atoms with E-state index in [9.17, 15) is 5.11 Å². The van der Waals surface area contributed by atoms with E-state index in [2.05, 4.69) is 6.07 Å². The van der Waals surface area contributed by atoms with E-state index in [1.54, 1.807) is 17.4 Å². The largest absolute Gasteiger partial charge is 0.383 e.